The molecular formula is C13H18N2O. The number of nitriles is 1. The van der Waals surface area contributed by atoms with Crippen LogP contribution in [0.1, 0.15) is 44.6 Å². The third-order valence-electron chi connectivity index (χ3n) is 3.55. The van der Waals surface area contributed by atoms with Gasteiger partial charge in [0, 0.05) is 6.04 Å². The zero-order valence-electron chi connectivity index (χ0n) is 9.92. The lowest BCUT2D eigenvalue weighted by molar-refractivity contribution is 0.276. The Morgan fingerprint density at radius 3 is 2.94 bits per heavy atom. The summed E-state index contributed by atoms with van der Waals surface area (Å²) in [5, 5.41) is 12.2. The zero-order chi connectivity index (χ0) is 11.6. The van der Waals surface area contributed by atoms with Crippen LogP contribution < -0.4 is 5.32 Å². The highest BCUT2D eigenvalue weighted by molar-refractivity contribution is 5.19. The summed E-state index contributed by atoms with van der Waals surface area (Å²) in [6.07, 6.45) is 3.82. The van der Waals surface area contributed by atoms with Gasteiger partial charge in [-0.2, -0.15) is 5.26 Å². The Bertz CT molecular complexity index is 400. The maximum Gasteiger partial charge on any atom is 0.203 e. The Labute approximate surface area is 96.4 Å². The molecule has 16 heavy (non-hydrogen) atoms. The van der Waals surface area contributed by atoms with E-state index in [-0.39, 0.29) is 0 Å². The molecule has 0 radical (unpaired) electrons. The van der Waals surface area contributed by atoms with Crippen molar-refractivity contribution in [2.45, 2.75) is 45.7 Å². The summed E-state index contributed by atoms with van der Waals surface area (Å²) in [6.45, 7) is 5.33. The van der Waals surface area contributed by atoms with Crippen LogP contribution in [-0.2, 0) is 6.54 Å². The molecule has 3 heteroatoms. The first kappa shape index (κ1) is 11.2. The van der Waals surface area contributed by atoms with Crippen LogP contribution in [0.4, 0.5) is 0 Å². The molecule has 1 aromatic rings. The first-order valence-corrected chi connectivity index (χ1v) is 5.84. The quantitative estimate of drug-likeness (QED) is 0.848. The molecule has 0 saturated heterocycles. The number of nitrogens with zero attached hydrogens (tertiary/aromatic N) is 1. The molecule has 1 fully saturated rings. The fraction of sp³-hybridized carbons (Fsp3) is 0.615. The first-order valence-electron chi connectivity index (χ1n) is 5.84. The minimum atomic E-state index is 0.380. The van der Waals surface area contributed by atoms with E-state index in [2.05, 4.69) is 19.2 Å². The van der Waals surface area contributed by atoms with Crippen LogP contribution in [0.15, 0.2) is 16.5 Å². The van der Waals surface area contributed by atoms with Gasteiger partial charge in [-0.15, -0.1) is 0 Å². The summed E-state index contributed by atoms with van der Waals surface area (Å²) < 4.78 is 5.34. The van der Waals surface area contributed by atoms with Gasteiger partial charge in [0.1, 0.15) is 11.8 Å². The van der Waals surface area contributed by atoms with Gasteiger partial charge >= 0.3 is 0 Å². The fourth-order valence-corrected chi connectivity index (χ4v) is 2.46. The Balaban J connectivity index is 1.90. The standard InChI is InChI=1S/C13H18N2O/c1-13(2)7-3-4-12(13)15-9-11-6-5-10(8-14)16-11/h5-6,12,15H,3-4,7,9H2,1-2H3. The summed E-state index contributed by atoms with van der Waals surface area (Å²) in [6, 6.07) is 6.14. The van der Waals surface area contributed by atoms with Crippen molar-refractivity contribution in [3.05, 3.63) is 23.7 Å². The molecule has 3 nitrogen and oxygen atoms in total. The van der Waals surface area contributed by atoms with Gasteiger partial charge in [-0.1, -0.05) is 20.3 Å². The molecule has 0 aliphatic heterocycles. The van der Waals surface area contributed by atoms with E-state index in [1.807, 2.05) is 12.1 Å². The van der Waals surface area contributed by atoms with E-state index in [1.165, 1.54) is 19.3 Å². The smallest absolute Gasteiger partial charge is 0.203 e. The number of nitrogens with one attached hydrogen (secondary N) is 1. The van der Waals surface area contributed by atoms with E-state index < -0.39 is 0 Å². The topological polar surface area (TPSA) is 49.0 Å². The maximum absolute atomic E-state index is 8.65. The third-order valence-corrected chi connectivity index (χ3v) is 3.55. The second-order valence-electron chi connectivity index (χ2n) is 5.19. The molecule has 1 heterocycles. The van der Waals surface area contributed by atoms with Crippen LogP contribution in [-0.4, -0.2) is 6.04 Å². The predicted molar refractivity (Wildman–Crippen MR) is 61.7 cm³/mol. The third kappa shape index (κ3) is 2.28. The molecular weight excluding hydrogens is 200 g/mol. The normalized spacial score (nSPS) is 23.2. The van der Waals surface area contributed by atoms with Gasteiger partial charge in [-0.05, 0) is 30.4 Å². The Kier molecular flexibility index (Phi) is 3.02. The molecule has 1 aliphatic carbocycles. The van der Waals surface area contributed by atoms with Gasteiger partial charge in [0.2, 0.25) is 5.76 Å². The molecule has 2 rings (SSSR count). The number of hydrogen-bond acceptors (Lipinski definition) is 3. The SMILES string of the molecule is CC1(C)CCCC1NCc1ccc(C#N)o1. The highest BCUT2D eigenvalue weighted by Gasteiger charge is 2.33. The minimum Gasteiger partial charge on any atom is -0.449 e. The van der Waals surface area contributed by atoms with Crippen LogP contribution in [0.25, 0.3) is 0 Å². The predicted octanol–water partition coefficient (Wildman–Crippen LogP) is 2.82. The molecule has 1 aromatic heterocycles. The summed E-state index contributed by atoms with van der Waals surface area (Å²) in [5.41, 5.74) is 0.380. The van der Waals surface area contributed by atoms with E-state index in [1.54, 1.807) is 6.07 Å². The van der Waals surface area contributed by atoms with Gasteiger partial charge in [0.05, 0.1) is 6.54 Å². The van der Waals surface area contributed by atoms with Gasteiger partial charge in [-0.25, -0.2) is 0 Å². The van der Waals surface area contributed by atoms with Gasteiger partial charge in [0.25, 0.3) is 0 Å². The van der Waals surface area contributed by atoms with Gasteiger partial charge < -0.3 is 9.73 Å². The Morgan fingerprint density at radius 1 is 1.56 bits per heavy atom. The van der Waals surface area contributed by atoms with E-state index in [4.69, 9.17) is 9.68 Å². The second kappa shape index (κ2) is 4.31. The molecule has 1 N–H and O–H groups in total. The van der Waals surface area contributed by atoms with Crippen molar-refractivity contribution in [2.75, 3.05) is 0 Å². The van der Waals surface area contributed by atoms with E-state index in [0.29, 0.717) is 17.2 Å². The molecule has 86 valence electrons. The average Bonchev–Trinajstić information content (AvgIpc) is 2.81. The van der Waals surface area contributed by atoms with Crippen LogP contribution >= 0.6 is 0 Å². The molecule has 0 spiro atoms. The monoisotopic (exact) mass is 218 g/mol. The molecule has 1 unspecified atom stereocenters. The molecule has 0 amide bonds. The highest BCUT2D eigenvalue weighted by Crippen LogP contribution is 2.37. The average molecular weight is 218 g/mol. The minimum absolute atomic E-state index is 0.380. The summed E-state index contributed by atoms with van der Waals surface area (Å²) in [7, 11) is 0. The maximum atomic E-state index is 8.65. The van der Waals surface area contributed by atoms with E-state index in [0.717, 1.165) is 12.3 Å². The number of furan rings is 1. The van der Waals surface area contributed by atoms with Crippen molar-refractivity contribution in [2.24, 2.45) is 5.41 Å². The lowest BCUT2D eigenvalue weighted by Gasteiger charge is -2.27. The van der Waals surface area contributed by atoms with Crippen molar-refractivity contribution in [1.82, 2.24) is 5.32 Å². The first-order chi connectivity index (χ1) is 7.62. The van der Waals surface area contributed by atoms with Crippen molar-refractivity contribution in [3.63, 3.8) is 0 Å². The largest absolute Gasteiger partial charge is 0.449 e. The molecule has 0 aromatic carbocycles. The van der Waals surface area contributed by atoms with Crippen LogP contribution in [0.2, 0.25) is 0 Å². The van der Waals surface area contributed by atoms with Gasteiger partial charge in [-0.3, -0.25) is 0 Å². The fourth-order valence-electron chi connectivity index (χ4n) is 2.46. The number of rotatable bonds is 3. The van der Waals surface area contributed by atoms with Crippen molar-refractivity contribution >= 4 is 0 Å². The molecule has 1 atom stereocenters. The molecule has 0 bridgehead atoms. The highest BCUT2D eigenvalue weighted by atomic mass is 16.3. The summed E-state index contributed by atoms with van der Waals surface area (Å²) in [5.74, 6) is 1.24. The molecule has 1 aliphatic rings. The Morgan fingerprint density at radius 2 is 2.38 bits per heavy atom. The van der Waals surface area contributed by atoms with Crippen LogP contribution in [0, 0.1) is 16.7 Å². The molecule has 1 saturated carbocycles. The van der Waals surface area contributed by atoms with Crippen LogP contribution in [0.5, 0.6) is 0 Å². The second-order valence-corrected chi connectivity index (χ2v) is 5.19. The van der Waals surface area contributed by atoms with Crippen LogP contribution in [0.3, 0.4) is 0 Å². The lowest BCUT2D eigenvalue weighted by Crippen LogP contribution is -2.37. The van der Waals surface area contributed by atoms with E-state index in [9.17, 15) is 0 Å². The number of hydrogen-bond donors (Lipinski definition) is 1. The zero-order valence-corrected chi connectivity index (χ0v) is 9.92. The van der Waals surface area contributed by atoms with Crippen molar-refractivity contribution in [1.29, 1.82) is 5.26 Å². The van der Waals surface area contributed by atoms with E-state index >= 15 is 0 Å². The Hall–Kier alpha value is -1.27. The summed E-state index contributed by atoms with van der Waals surface area (Å²) in [4.78, 5) is 0. The van der Waals surface area contributed by atoms with Gasteiger partial charge in [0.15, 0.2) is 0 Å². The van der Waals surface area contributed by atoms with Crippen molar-refractivity contribution < 1.29 is 4.42 Å². The summed E-state index contributed by atoms with van der Waals surface area (Å²) >= 11 is 0. The lowest BCUT2D eigenvalue weighted by atomic mass is 9.87. The van der Waals surface area contributed by atoms with Crippen molar-refractivity contribution in [3.8, 4) is 6.07 Å².